The van der Waals surface area contributed by atoms with Crippen LogP contribution in [0.1, 0.15) is 19.8 Å². The maximum Gasteiger partial charge on any atom is 0.224 e. The van der Waals surface area contributed by atoms with Gasteiger partial charge >= 0.3 is 0 Å². The van der Waals surface area contributed by atoms with Gasteiger partial charge in [-0.2, -0.15) is 0 Å². The summed E-state index contributed by atoms with van der Waals surface area (Å²) in [4.78, 5) is 11.6. The molecule has 1 aromatic rings. The Morgan fingerprint density at radius 3 is 3.00 bits per heavy atom. The standard InChI is InChI=1S/C12H17BrN2O2/c1-2-17-7-3-4-12(16)15-11-8-9(14)5-6-10(11)13/h5-6,8H,2-4,7,14H2,1H3,(H,15,16). The highest BCUT2D eigenvalue weighted by atomic mass is 79.9. The molecule has 5 heteroatoms. The minimum Gasteiger partial charge on any atom is -0.399 e. The highest BCUT2D eigenvalue weighted by Crippen LogP contribution is 2.24. The number of amides is 1. The van der Waals surface area contributed by atoms with E-state index in [0.717, 1.165) is 10.9 Å². The number of hydrogen-bond donors (Lipinski definition) is 2. The fraction of sp³-hybridized carbons (Fsp3) is 0.417. The number of anilines is 2. The van der Waals surface area contributed by atoms with Crippen molar-refractivity contribution in [1.29, 1.82) is 0 Å². The van der Waals surface area contributed by atoms with Crippen molar-refractivity contribution in [2.75, 3.05) is 24.3 Å². The minimum atomic E-state index is -0.0315. The SMILES string of the molecule is CCOCCCC(=O)Nc1cc(N)ccc1Br. The van der Waals surface area contributed by atoms with Gasteiger partial charge in [0, 0.05) is 29.8 Å². The molecule has 1 amide bonds. The van der Waals surface area contributed by atoms with E-state index in [9.17, 15) is 4.79 Å². The molecule has 94 valence electrons. The van der Waals surface area contributed by atoms with E-state index >= 15 is 0 Å². The Bertz CT molecular complexity index is 383. The molecule has 0 spiro atoms. The van der Waals surface area contributed by atoms with Crippen LogP contribution < -0.4 is 11.1 Å². The first kappa shape index (κ1) is 14.0. The number of benzene rings is 1. The van der Waals surface area contributed by atoms with Gasteiger partial charge in [0.1, 0.15) is 0 Å². The van der Waals surface area contributed by atoms with Crippen LogP contribution in [0.2, 0.25) is 0 Å². The molecule has 0 unspecified atom stereocenters. The average molecular weight is 301 g/mol. The van der Waals surface area contributed by atoms with E-state index in [1.54, 1.807) is 12.1 Å². The van der Waals surface area contributed by atoms with Crippen LogP contribution >= 0.6 is 15.9 Å². The van der Waals surface area contributed by atoms with Crippen LogP contribution in [0.15, 0.2) is 22.7 Å². The smallest absolute Gasteiger partial charge is 0.224 e. The molecule has 4 nitrogen and oxygen atoms in total. The van der Waals surface area contributed by atoms with Crippen molar-refractivity contribution in [2.45, 2.75) is 19.8 Å². The van der Waals surface area contributed by atoms with Crippen LogP contribution in [-0.2, 0) is 9.53 Å². The van der Waals surface area contributed by atoms with Crippen LogP contribution in [0.3, 0.4) is 0 Å². The number of nitrogen functional groups attached to an aromatic ring is 1. The third-order valence-electron chi connectivity index (χ3n) is 2.16. The quantitative estimate of drug-likeness (QED) is 0.627. The van der Waals surface area contributed by atoms with E-state index in [4.69, 9.17) is 10.5 Å². The maximum atomic E-state index is 11.6. The second kappa shape index (κ2) is 7.29. The molecule has 1 aromatic carbocycles. The summed E-state index contributed by atoms with van der Waals surface area (Å²) in [6.07, 6.45) is 1.17. The van der Waals surface area contributed by atoms with Crippen molar-refractivity contribution >= 4 is 33.2 Å². The van der Waals surface area contributed by atoms with Gasteiger partial charge in [0.25, 0.3) is 0 Å². The lowest BCUT2D eigenvalue weighted by molar-refractivity contribution is -0.116. The number of ether oxygens (including phenoxy) is 1. The largest absolute Gasteiger partial charge is 0.399 e. The molecule has 1 rings (SSSR count). The van der Waals surface area contributed by atoms with Gasteiger partial charge in [0.2, 0.25) is 5.91 Å². The van der Waals surface area contributed by atoms with Gasteiger partial charge in [-0.1, -0.05) is 0 Å². The van der Waals surface area contributed by atoms with Gasteiger partial charge in [0.15, 0.2) is 0 Å². The lowest BCUT2D eigenvalue weighted by Gasteiger charge is -2.08. The molecule has 0 saturated carbocycles. The second-order valence-electron chi connectivity index (χ2n) is 3.59. The predicted molar refractivity (Wildman–Crippen MR) is 72.9 cm³/mol. The maximum absolute atomic E-state index is 11.6. The molecule has 0 atom stereocenters. The molecular weight excluding hydrogens is 284 g/mol. The Balaban J connectivity index is 2.42. The van der Waals surface area contributed by atoms with Gasteiger partial charge in [-0.15, -0.1) is 0 Å². The summed E-state index contributed by atoms with van der Waals surface area (Å²) in [5.74, 6) is -0.0315. The fourth-order valence-electron chi connectivity index (χ4n) is 1.33. The summed E-state index contributed by atoms with van der Waals surface area (Å²) in [5, 5.41) is 2.81. The van der Waals surface area contributed by atoms with Crippen molar-refractivity contribution in [3.8, 4) is 0 Å². The zero-order valence-corrected chi connectivity index (χ0v) is 11.4. The monoisotopic (exact) mass is 300 g/mol. The van der Waals surface area contributed by atoms with Crippen LogP contribution in [0.5, 0.6) is 0 Å². The van der Waals surface area contributed by atoms with E-state index in [1.807, 2.05) is 13.0 Å². The van der Waals surface area contributed by atoms with E-state index in [1.165, 1.54) is 0 Å². The van der Waals surface area contributed by atoms with Crippen LogP contribution in [-0.4, -0.2) is 19.1 Å². The summed E-state index contributed by atoms with van der Waals surface area (Å²) >= 11 is 3.36. The first-order valence-corrected chi connectivity index (χ1v) is 6.35. The van der Waals surface area contributed by atoms with Gasteiger partial charge in [0.05, 0.1) is 5.69 Å². The van der Waals surface area contributed by atoms with E-state index in [0.29, 0.717) is 31.0 Å². The number of nitrogens with two attached hydrogens (primary N) is 1. The van der Waals surface area contributed by atoms with Crippen molar-refractivity contribution in [2.24, 2.45) is 0 Å². The third-order valence-corrected chi connectivity index (χ3v) is 2.85. The zero-order chi connectivity index (χ0) is 12.7. The second-order valence-corrected chi connectivity index (χ2v) is 4.44. The number of carbonyl (C=O) groups is 1. The molecule has 0 saturated heterocycles. The number of carbonyl (C=O) groups excluding carboxylic acids is 1. The molecule has 0 radical (unpaired) electrons. The van der Waals surface area contributed by atoms with Crippen LogP contribution in [0.25, 0.3) is 0 Å². The lowest BCUT2D eigenvalue weighted by Crippen LogP contribution is -2.12. The summed E-state index contributed by atoms with van der Waals surface area (Å²) < 4.78 is 5.99. The number of hydrogen-bond acceptors (Lipinski definition) is 3. The number of halogens is 1. The van der Waals surface area contributed by atoms with Gasteiger partial charge < -0.3 is 15.8 Å². The molecular formula is C12H17BrN2O2. The number of nitrogens with one attached hydrogen (secondary N) is 1. The average Bonchev–Trinajstić information content (AvgIpc) is 2.29. The van der Waals surface area contributed by atoms with Crippen molar-refractivity contribution in [1.82, 2.24) is 0 Å². The van der Waals surface area contributed by atoms with Gasteiger partial charge in [-0.3, -0.25) is 4.79 Å². The van der Waals surface area contributed by atoms with E-state index < -0.39 is 0 Å². The van der Waals surface area contributed by atoms with Crippen LogP contribution in [0.4, 0.5) is 11.4 Å². The number of rotatable bonds is 6. The summed E-state index contributed by atoms with van der Waals surface area (Å²) in [5.41, 5.74) is 6.97. The van der Waals surface area contributed by atoms with Gasteiger partial charge in [-0.25, -0.2) is 0 Å². The Morgan fingerprint density at radius 1 is 1.53 bits per heavy atom. The van der Waals surface area contributed by atoms with Crippen LogP contribution in [0, 0.1) is 0 Å². The Morgan fingerprint density at radius 2 is 2.29 bits per heavy atom. The zero-order valence-electron chi connectivity index (χ0n) is 9.83. The van der Waals surface area contributed by atoms with E-state index in [2.05, 4.69) is 21.2 Å². The molecule has 0 aliphatic carbocycles. The summed E-state index contributed by atoms with van der Waals surface area (Å²) in [7, 11) is 0. The van der Waals surface area contributed by atoms with E-state index in [-0.39, 0.29) is 5.91 Å². The Hall–Kier alpha value is -1.07. The Labute approximate surface area is 110 Å². The first-order valence-electron chi connectivity index (χ1n) is 5.56. The molecule has 17 heavy (non-hydrogen) atoms. The first-order chi connectivity index (χ1) is 8.13. The Kier molecular flexibility index (Phi) is 6.00. The third kappa shape index (κ3) is 5.19. The highest BCUT2D eigenvalue weighted by molar-refractivity contribution is 9.10. The molecule has 0 fully saturated rings. The van der Waals surface area contributed by atoms with Crippen molar-refractivity contribution in [3.05, 3.63) is 22.7 Å². The normalized spacial score (nSPS) is 10.2. The molecule has 0 aliphatic heterocycles. The lowest BCUT2D eigenvalue weighted by atomic mass is 10.2. The molecule has 0 aromatic heterocycles. The molecule has 3 N–H and O–H groups in total. The van der Waals surface area contributed by atoms with Crippen molar-refractivity contribution in [3.63, 3.8) is 0 Å². The highest BCUT2D eigenvalue weighted by Gasteiger charge is 2.05. The summed E-state index contributed by atoms with van der Waals surface area (Å²) in [6, 6.07) is 5.31. The molecule has 0 bridgehead atoms. The van der Waals surface area contributed by atoms with Gasteiger partial charge in [-0.05, 0) is 47.5 Å². The van der Waals surface area contributed by atoms with Crippen molar-refractivity contribution < 1.29 is 9.53 Å². The molecule has 0 heterocycles. The molecule has 0 aliphatic rings. The fourth-order valence-corrected chi connectivity index (χ4v) is 1.68. The minimum absolute atomic E-state index is 0.0315. The topological polar surface area (TPSA) is 64.3 Å². The predicted octanol–water partition coefficient (Wildman–Crippen LogP) is 2.79. The summed E-state index contributed by atoms with van der Waals surface area (Å²) in [6.45, 7) is 3.23.